The van der Waals surface area contributed by atoms with Crippen LogP contribution in [0.3, 0.4) is 0 Å². The third-order valence-electron chi connectivity index (χ3n) is 4.85. The molecule has 0 unspecified atom stereocenters. The molecule has 1 heterocycles. The number of nitrogens with one attached hydrogen (secondary N) is 1. The molecule has 1 amide bonds. The molecular formula is C19H30ClN3O4S. The molecule has 0 radical (unpaired) electrons. The highest BCUT2D eigenvalue weighted by Crippen LogP contribution is 2.28. The minimum absolute atomic E-state index is 0.0268. The highest BCUT2D eigenvalue weighted by atomic mass is 35.5. The summed E-state index contributed by atoms with van der Waals surface area (Å²) in [4.78, 5) is 13.9. The summed E-state index contributed by atoms with van der Waals surface area (Å²) in [6.07, 6.45) is 1.05. The van der Waals surface area contributed by atoms with E-state index in [-0.39, 0.29) is 28.0 Å². The second kappa shape index (κ2) is 8.47. The number of halogens is 1. The minimum atomic E-state index is -3.78. The molecule has 1 saturated heterocycles. The van der Waals surface area contributed by atoms with E-state index in [0.717, 1.165) is 0 Å². The van der Waals surface area contributed by atoms with Gasteiger partial charge in [0.1, 0.15) is 10.5 Å². The number of sulfonamides is 1. The van der Waals surface area contributed by atoms with Gasteiger partial charge < -0.3 is 15.4 Å². The third kappa shape index (κ3) is 5.75. The number of likely N-dealkylation sites (tertiary alicyclic amines) is 1. The Morgan fingerprint density at radius 3 is 2.43 bits per heavy atom. The van der Waals surface area contributed by atoms with Gasteiger partial charge in [0.15, 0.2) is 0 Å². The fourth-order valence-electron chi connectivity index (χ4n) is 3.19. The number of nitrogen functional groups attached to an aromatic ring is 1. The number of rotatable bonds is 4. The fourth-order valence-corrected chi connectivity index (χ4v) is 5.12. The van der Waals surface area contributed by atoms with E-state index in [1.54, 1.807) is 11.8 Å². The Morgan fingerprint density at radius 2 is 1.89 bits per heavy atom. The molecule has 7 nitrogen and oxygen atoms in total. The van der Waals surface area contributed by atoms with Crippen LogP contribution in [0.4, 0.5) is 10.5 Å². The Kier molecular flexibility index (Phi) is 6.89. The average Bonchev–Trinajstić information content (AvgIpc) is 2.56. The summed E-state index contributed by atoms with van der Waals surface area (Å²) in [7, 11) is -3.78. The van der Waals surface area contributed by atoms with Crippen molar-refractivity contribution >= 4 is 33.4 Å². The van der Waals surface area contributed by atoms with Crippen LogP contribution in [0.1, 0.15) is 46.1 Å². The van der Waals surface area contributed by atoms with E-state index in [2.05, 4.69) is 4.72 Å². The standard InChI is InChI=1S/C19H30ClN3O4S/c1-12-10-17(15(20)11-16(12)21)28(25,26)22-13(2)14-6-8-23(9-7-14)18(24)27-19(3,4)5/h10-11,13-14,22H,6-9,21H2,1-5H3/t13-/m1/s1. The van der Waals surface area contributed by atoms with Crippen LogP contribution in [0.2, 0.25) is 5.02 Å². The molecule has 0 aliphatic carbocycles. The monoisotopic (exact) mass is 431 g/mol. The molecule has 1 fully saturated rings. The van der Waals surface area contributed by atoms with Crippen LogP contribution in [-0.4, -0.2) is 44.1 Å². The van der Waals surface area contributed by atoms with Crippen LogP contribution in [0.15, 0.2) is 17.0 Å². The number of nitrogens with two attached hydrogens (primary N) is 1. The second-order valence-corrected chi connectivity index (χ2v) is 10.4. The number of carbonyl (C=O) groups excluding carboxylic acids is 1. The maximum Gasteiger partial charge on any atom is 0.410 e. The number of carbonyl (C=O) groups is 1. The fraction of sp³-hybridized carbons (Fsp3) is 0.632. The van der Waals surface area contributed by atoms with Crippen molar-refractivity contribution in [1.82, 2.24) is 9.62 Å². The molecule has 0 saturated carbocycles. The van der Waals surface area contributed by atoms with E-state index in [1.807, 2.05) is 27.7 Å². The number of hydrogen-bond donors (Lipinski definition) is 2. The predicted molar refractivity (Wildman–Crippen MR) is 111 cm³/mol. The number of aryl methyl sites for hydroxylation is 1. The number of amides is 1. The van der Waals surface area contributed by atoms with Crippen LogP contribution in [0.5, 0.6) is 0 Å². The summed E-state index contributed by atoms with van der Waals surface area (Å²) < 4.78 is 33.7. The van der Waals surface area contributed by atoms with Gasteiger partial charge in [-0.15, -0.1) is 0 Å². The SMILES string of the molecule is Cc1cc(S(=O)(=O)N[C@H](C)C2CCN(C(=O)OC(C)(C)C)CC2)c(Cl)cc1N. The van der Waals surface area contributed by atoms with Crippen molar-refractivity contribution in [3.8, 4) is 0 Å². The van der Waals surface area contributed by atoms with Gasteiger partial charge in [-0.05, 0) is 71.1 Å². The van der Waals surface area contributed by atoms with Gasteiger partial charge in [-0.2, -0.15) is 0 Å². The summed E-state index contributed by atoms with van der Waals surface area (Å²) in [5.41, 5.74) is 6.36. The van der Waals surface area contributed by atoms with Gasteiger partial charge in [0.25, 0.3) is 0 Å². The highest BCUT2D eigenvalue weighted by Gasteiger charge is 2.31. The Balaban J connectivity index is 2.00. The molecule has 1 aromatic carbocycles. The van der Waals surface area contributed by atoms with Gasteiger partial charge in [0.2, 0.25) is 10.0 Å². The molecule has 0 spiro atoms. The van der Waals surface area contributed by atoms with E-state index in [4.69, 9.17) is 22.1 Å². The summed E-state index contributed by atoms with van der Waals surface area (Å²) in [6.45, 7) is 10.1. The van der Waals surface area contributed by atoms with Crippen LogP contribution >= 0.6 is 11.6 Å². The maximum atomic E-state index is 12.8. The van der Waals surface area contributed by atoms with Crippen molar-refractivity contribution < 1.29 is 17.9 Å². The molecule has 1 aromatic rings. The zero-order valence-corrected chi connectivity index (χ0v) is 18.7. The zero-order chi connectivity index (χ0) is 21.3. The highest BCUT2D eigenvalue weighted by molar-refractivity contribution is 7.89. The molecule has 1 aliphatic rings. The Labute approximate surface area is 172 Å². The predicted octanol–water partition coefficient (Wildman–Crippen LogP) is 3.54. The Morgan fingerprint density at radius 1 is 1.32 bits per heavy atom. The first-order valence-electron chi connectivity index (χ1n) is 9.36. The normalized spacial score (nSPS) is 17.4. The van der Waals surface area contributed by atoms with Crippen molar-refractivity contribution in [1.29, 1.82) is 0 Å². The van der Waals surface area contributed by atoms with Crippen molar-refractivity contribution in [3.05, 3.63) is 22.7 Å². The molecule has 0 bridgehead atoms. The number of piperidine rings is 1. The molecular weight excluding hydrogens is 402 g/mol. The Bertz CT molecular complexity index is 828. The molecule has 9 heteroatoms. The first kappa shape index (κ1) is 22.8. The van der Waals surface area contributed by atoms with Crippen molar-refractivity contribution in [2.75, 3.05) is 18.8 Å². The van der Waals surface area contributed by atoms with Gasteiger partial charge in [0, 0.05) is 24.8 Å². The lowest BCUT2D eigenvalue weighted by Crippen LogP contribution is -2.46. The minimum Gasteiger partial charge on any atom is -0.444 e. The van der Waals surface area contributed by atoms with E-state index in [9.17, 15) is 13.2 Å². The third-order valence-corrected chi connectivity index (χ3v) is 6.87. The van der Waals surface area contributed by atoms with Crippen LogP contribution in [-0.2, 0) is 14.8 Å². The van der Waals surface area contributed by atoms with Gasteiger partial charge in [-0.25, -0.2) is 17.9 Å². The van der Waals surface area contributed by atoms with E-state index < -0.39 is 15.6 Å². The summed E-state index contributed by atoms with van der Waals surface area (Å²) in [5, 5.41) is 0.0996. The van der Waals surface area contributed by atoms with E-state index in [1.165, 1.54) is 12.1 Å². The number of hydrogen-bond acceptors (Lipinski definition) is 5. The quantitative estimate of drug-likeness (QED) is 0.710. The molecule has 1 atom stereocenters. The first-order chi connectivity index (χ1) is 12.8. The molecule has 1 aliphatic heterocycles. The van der Waals surface area contributed by atoms with Gasteiger partial charge in [-0.3, -0.25) is 0 Å². The van der Waals surface area contributed by atoms with E-state index >= 15 is 0 Å². The van der Waals surface area contributed by atoms with Crippen molar-refractivity contribution in [3.63, 3.8) is 0 Å². The van der Waals surface area contributed by atoms with Crippen LogP contribution < -0.4 is 10.5 Å². The number of ether oxygens (including phenoxy) is 1. The second-order valence-electron chi connectivity index (χ2n) is 8.35. The summed E-state index contributed by atoms with van der Waals surface area (Å²) in [6, 6.07) is 2.65. The Hall–Kier alpha value is -1.51. The number of anilines is 1. The molecule has 3 N–H and O–H groups in total. The average molecular weight is 432 g/mol. The van der Waals surface area contributed by atoms with E-state index in [0.29, 0.717) is 37.2 Å². The molecule has 28 heavy (non-hydrogen) atoms. The zero-order valence-electron chi connectivity index (χ0n) is 17.1. The molecule has 158 valence electrons. The van der Waals surface area contributed by atoms with Crippen LogP contribution in [0.25, 0.3) is 0 Å². The van der Waals surface area contributed by atoms with Crippen LogP contribution in [0, 0.1) is 12.8 Å². The molecule has 2 rings (SSSR count). The molecule has 0 aromatic heterocycles. The smallest absolute Gasteiger partial charge is 0.410 e. The lowest BCUT2D eigenvalue weighted by molar-refractivity contribution is 0.0174. The van der Waals surface area contributed by atoms with Gasteiger partial charge >= 0.3 is 6.09 Å². The van der Waals surface area contributed by atoms with Gasteiger partial charge in [-0.1, -0.05) is 11.6 Å². The van der Waals surface area contributed by atoms with Gasteiger partial charge in [0.05, 0.1) is 5.02 Å². The summed E-state index contributed by atoms with van der Waals surface area (Å²) >= 11 is 6.10. The summed E-state index contributed by atoms with van der Waals surface area (Å²) in [5.74, 6) is 0.113. The van der Waals surface area contributed by atoms with Crippen molar-refractivity contribution in [2.45, 2.75) is 64.0 Å². The maximum absolute atomic E-state index is 12.8. The number of benzene rings is 1. The first-order valence-corrected chi connectivity index (χ1v) is 11.2. The number of nitrogens with zero attached hydrogens (tertiary/aromatic N) is 1. The largest absolute Gasteiger partial charge is 0.444 e. The topological polar surface area (TPSA) is 102 Å². The lowest BCUT2D eigenvalue weighted by Gasteiger charge is -2.35. The van der Waals surface area contributed by atoms with Crippen molar-refractivity contribution in [2.24, 2.45) is 5.92 Å². The lowest BCUT2D eigenvalue weighted by atomic mass is 9.91.